The fraction of sp³-hybridized carbons (Fsp3) is 0.240. The summed E-state index contributed by atoms with van der Waals surface area (Å²) in [6.07, 6.45) is 0. The first-order valence-electron chi connectivity index (χ1n) is 10.4. The molecule has 0 fully saturated rings. The number of carbonyl (C=O) groups is 1. The lowest BCUT2D eigenvalue weighted by Gasteiger charge is -2.17. The van der Waals surface area contributed by atoms with Gasteiger partial charge in [-0.05, 0) is 51.1 Å². The summed E-state index contributed by atoms with van der Waals surface area (Å²) in [5.41, 5.74) is 2.59. The molecular formula is C25H25NO5. The van der Waals surface area contributed by atoms with Gasteiger partial charge >= 0.3 is 0 Å². The fourth-order valence-corrected chi connectivity index (χ4v) is 3.53. The quantitative estimate of drug-likeness (QED) is 0.377. The van der Waals surface area contributed by atoms with Gasteiger partial charge in [0.15, 0.2) is 11.5 Å². The van der Waals surface area contributed by atoms with E-state index in [2.05, 4.69) is 5.32 Å². The van der Waals surface area contributed by atoms with Crippen LogP contribution in [0.5, 0.6) is 17.2 Å². The Morgan fingerprint density at radius 2 is 1.45 bits per heavy atom. The van der Waals surface area contributed by atoms with E-state index in [1.807, 2.05) is 63.2 Å². The van der Waals surface area contributed by atoms with Crippen LogP contribution in [0.3, 0.4) is 0 Å². The highest BCUT2D eigenvalue weighted by molar-refractivity contribution is 6.08. The van der Waals surface area contributed by atoms with Gasteiger partial charge in [0, 0.05) is 28.1 Å². The highest BCUT2D eigenvalue weighted by Gasteiger charge is 2.19. The molecule has 1 heterocycles. The Hall–Kier alpha value is -3.67. The molecule has 1 N–H and O–H groups in total. The molecule has 0 radical (unpaired) electrons. The van der Waals surface area contributed by atoms with E-state index in [-0.39, 0.29) is 5.91 Å². The van der Waals surface area contributed by atoms with E-state index in [0.29, 0.717) is 48.3 Å². The van der Waals surface area contributed by atoms with Crippen molar-refractivity contribution in [2.24, 2.45) is 0 Å². The van der Waals surface area contributed by atoms with Crippen LogP contribution in [0.2, 0.25) is 0 Å². The molecule has 6 nitrogen and oxygen atoms in total. The van der Waals surface area contributed by atoms with Crippen LogP contribution in [0, 0.1) is 0 Å². The third-order valence-electron chi connectivity index (χ3n) is 4.81. The van der Waals surface area contributed by atoms with Crippen LogP contribution >= 0.6 is 0 Å². The van der Waals surface area contributed by atoms with Gasteiger partial charge in [-0.3, -0.25) is 4.79 Å². The molecule has 1 aromatic heterocycles. The van der Waals surface area contributed by atoms with Crippen molar-refractivity contribution in [3.8, 4) is 17.2 Å². The third kappa shape index (κ3) is 4.14. The normalized spacial score (nSPS) is 10.9. The molecule has 160 valence electrons. The lowest BCUT2D eigenvalue weighted by molar-refractivity contribution is 0.102. The SMILES string of the molecule is CCOc1cc(C(=O)Nc2ccc3c(c2)oc2ccccc23)cc(OCC)c1OCC. The molecule has 0 aliphatic heterocycles. The lowest BCUT2D eigenvalue weighted by atomic mass is 10.1. The smallest absolute Gasteiger partial charge is 0.255 e. The number of benzene rings is 3. The number of carbonyl (C=O) groups excluding carboxylic acids is 1. The second-order valence-corrected chi connectivity index (χ2v) is 6.86. The zero-order valence-electron chi connectivity index (χ0n) is 17.9. The maximum Gasteiger partial charge on any atom is 0.255 e. The monoisotopic (exact) mass is 419 g/mol. The molecule has 4 rings (SSSR count). The van der Waals surface area contributed by atoms with Crippen LogP contribution < -0.4 is 19.5 Å². The van der Waals surface area contributed by atoms with Crippen molar-refractivity contribution >= 4 is 33.5 Å². The third-order valence-corrected chi connectivity index (χ3v) is 4.81. The fourth-order valence-electron chi connectivity index (χ4n) is 3.53. The van der Waals surface area contributed by atoms with Gasteiger partial charge in [-0.1, -0.05) is 18.2 Å². The molecule has 6 heteroatoms. The summed E-state index contributed by atoms with van der Waals surface area (Å²) in [4.78, 5) is 13.0. The highest BCUT2D eigenvalue weighted by Crippen LogP contribution is 2.39. The van der Waals surface area contributed by atoms with Gasteiger partial charge in [0.25, 0.3) is 5.91 Å². The summed E-state index contributed by atoms with van der Waals surface area (Å²) in [5, 5.41) is 4.99. The van der Waals surface area contributed by atoms with Gasteiger partial charge in [0.05, 0.1) is 19.8 Å². The van der Waals surface area contributed by atoms with Crippen LogP contribution in [-0.2, 0) is 0 Å². The average molecular weight is 419 g/mol. The Morgan fingerprint density at radius 1 is 0.806 bits per heavy atom. The molecule has 4 aromatic rings. The van der Waals surface area contributed by atoms with Gasteiger partial charge in [-0.2, -0.15) is 0 Å². The first-order valence-corrected chi connectivity index (χ1v) is 10.4. The highest BCUT2D eigenvalue weighted by atomic mass is 16.5. The summed E-state index contributed by atoms with van der Waals surface area (Å²) in [7, 11) is 0. The number of hydrogen-bond acceptors (Lipinski definition) is 5. The molecule has 0 aliphatic carbocycles. The Bertz CT molecular complexity index is 1200. The molecule has 0 saturated carbocycles. The molecule has 0 spiro atoms. The summed E-state index contributed by atoms with van der Waals surface area (Å²) in [6.45, 7) is 7.00. The molecule has 1 amide bonds. The van der Waals surface area contributed by atoms with Gasteiger partial charge in [-0.25, -0.2) is 0 Å². The van der Waals surface area contributed by atoms with Gasteiger partial charge in [-0.15, -0.1) is 0 Å². The van der Waals surface area contributed by atoms with Crippen molar-refractivity contribution in [1.29, 1.82) is 0 Å². The van der Waals surface area contributed by atoms with Crippen molar-refractivity contribution in [2.45, 2.75) is 20.8 Å². The summed E-state index contributed by atoms with van der Waals surface area (Å²) >= 11 is 0. The van der Waals surface area contributed by atoms with Gasteiger partial charge in [0.1, 0.15) is 11.2 Å². The Kier molecular flexibility index (Phi) is 5.98. The van der Waals surface area contributed by atoms with Crippen LogP contribution in [0.15, 0.2) is 59.0 Å². The maximum atomic E-state index is 13.0. The first kappa shape index (κ1) is 20.6. The largest absolute Gasteiger partial charge is 0.490 e. The minimum absolute atomic E-state index is 0.277. The minimum Gasteiger partial charge on any atom is -0.490 e. The average Bonchev–Trinajstić information content (AvgIpc) is 3.14. The number of anilines is 1. The maximum absolute atomic E-state index is 13.0. The number of amides is 1. The number of hydrogen-bond donors (Lipinski definition) is 1. The van der Waals surface area contributed by atoms with Crippen molar-refractivity contribution < 1.29 is 23.4 Å². The molecule has 0 saturated heterocycles. The van der Waals surface area contributed by atoms with E-state index >= 15 is 0 Å². The van der Waals surface area contributed by atoms with E-state index in [1.165, 1.54) is 0 Å². The van der Waals surface area contributed by atoms with E-state index in [4.69, 9.17) is 18.6 Å². The number of fused-ring (bicyclic) bond motifs is 3. The van der Waals surface area contributed by atoms with Crippen LogP contribution in [0.1, 0.15) is 31.1 Å². The number of ether oxygens (including phenoxy) is 3. The molecule has 0 aliphatic rings. The van der Waals surface area contributed by atoms with Crippen molar-refractivity contribution in [3.05, 3.63) is 60.2 Å². The molecule has 0 unspecified atom stereocenters. The molecule has 3 aromatic carbocycles. The second-order valence-electron chi connectivity index (χ2n) is 6.86. The van der Waals surface area contributed by atoms with Crippen LogP contribution in [0.4, 0.5) is 5.69 Å². The van der Waals surface area contributed by atoms with E-state index in [0.717, 1.165) is 21.9 Å². The standard InChI is InChI=1S/C25H25NO5/c1-4-28-22-13-16(14-23(29-5-2)24(22)30-6-3)25(27)26-17-11-12-19-18-9-7-8-10-20(18)31-21(19)15-17/h7-15H,4-6H2,1-3H3,(H,26,27). The van der Waals surface area contributed by atoms with E-state index < -0.39 is 0 Å². The summed E-state index contributed by atoms with van der Waals surface area (Å²) in [5.74, 6) is 1.19. The lowest BCUT2D eigenvalue weighted by Crippen LogP contribution is -2.13. The van der Waals surface area contributed by atoms with Crippen LogP contribution in [0.25, 0.3) is 21.9 Å². The van der Waals surface area contributed by atoms with Crippen molar-refractivity contribution in [1.82, 2.24) is 0 Å². The Morgan fingerprint density at radius 3 is 2.13 bits per heavy atom. The number of para-hydroxylation sites is 1. The number of rotatable bonds is 8. The zero-order valence-corrected chi connectivity index (χ0v) is 17.9. The second kappa shape index (κ2) is 9.00. The van der Waals surface area contributed by atoms with E-state index in [1.54, 1.807) is 12.1 Å². The number of nitrogens with one attached hydrogen (secondary N) is 1. The van der Waals surface area contributed by atoms with Gasteiger partial charge < -0.3 is 23.9 Å². The van der Waals surface area contributed by atoms with Gasteiger partial charge in [0.2, 0.25) is 5.75 Å². The number of furan rings is 1. The predicted octanol–water partition coefficient (Wildman–Crippen LogP) is 6.03. The topological polar surface area (TPSA) is 69.9 Å². The molecule has 0 atom stereocenters. The Labute approximate surface area is 180 Å². The zero-order chi connectivity index (χ0) is 21.8. The Balaban J connectivity index is 1.66. The summed E-state index contributed by atoms with van der Waals surface area (Å²) in [6, 6.07) is 16.8. The van der Waals surface area contributed by atoms with Crippen molar-refractivity contribution in [2.75, 3.05) is 25.1 Å². The van der Waals surface area contributed by atoms with Crippen molar-refractivity contribution in [3.63, 3.8) is 0 Å². The predicted molar refractivity (Wildman–Crippen MR) is 122 cm³/mol. The summed E-state index contributed by atoms with van der Waals surface area (Å²) < 4.78 is 23.0. The molecular weight excluding hydrogens is 394 g/mol. The molecule has 0 bridgehead atoms. The molecule has 31 heavy (non-hydrogen) atoms. The van der Waals surface area contributed by atoms with E-state index in [9.17, 15) is 4.79 Å². The minimum atomic E-state index is -0.277. The van der Waals surface area contributed by atoms with Crippen LogP contribution in [-0.4, -0.2) is 25.7 Å². The first-order chi connectivity index (χ1) is 15.1.